The van der Waals surface area contributed by atoms with Crippen molar-refractivity contribution in [1.29, 1.82) is 0 Å². The molecule has 2 heterocycles. The summed E-state index contributed by atoms with van der Waals surface area (Å²) in [6, 6.07) is 68.8. The molecule has 4 nitrogen and oxygen atoms in total. The van der Waals surface area contributed by atoms with Crippen LogP contribution in [0.15, 0.2) is 194 Å². The second kappa shape index (κ2) is 12.6. The van der Waals surface area contributed by atoms with E-state index in [1.807, 2.05) is 60.7 Å². The van der Waals surface area contributed by atoms with E-state index in [9.17, 15) is 0 Å². The Hall–Kier alpha value is -7.43. The van der Waals surface area contributed by atoms with Crippen LogP contribution in [-0.2, 0) is 0 Å². The Morgan fingerprint density at radius 3 is 1.29 bits per heavy atom. The average molecular weight is 701 g/mol. The quantitative estimate of drug-likeness (QED) is 0.168. The molecule has 0 amide bonds. The summed E-state index contributed by atoms with van der Waals surface area (Å²) < 4.78 is 2.37. The lowest BCUT2D eigenvalue weighted by atomic mass is 9.91. The second-order valence-corrected chi connectivity index (χ2v) is 14.0. The maximum Gasteiger partial charge on any atom is 0.164 e. The molecule has 9 aromatic carbocycles. The Bertz CT molecular complexity index is 3180. The Labute approximate surface area is 317 Å². The smallest absolute Gasteiger partial charge is 0.164 e. The molecular weight excluding hydrogens is 669 g/mol. The third-order valence-electron chi connectivity index (χ3n) is 10.8. The molecule has 11 aromatic rings. The molecule has 0 N–H and O–H groups in total. The van der Waals surface area contributed by atoms with Crippen molar-refractivity contribution in [3.63, 3.8) is 0 Å². The lowest BCUT2D eigenvalue weighted by molar-refractivity contribution is 1.07. The molecule has 0 atom stereocenters. The molecule has 0 unspecified atom stereocenters. The molecule has 0 saturated heterocycles. The molecule has 0 radical (unpaired) electrons. The van der Waals surface area contributed by atoms with Gasteiger partial charge >= 0.3 is 0 Å². The molecule has 0 aliphatic heterocycles. The molecule has 4 heteroatoms. The maximum absolute atomic E-state index is 5.05. The van der Waals surface area contributed by atoms with Crippen LogP contribution in [0.5, 0.6) is 0 Å². The Morgan fingerprint density at radius 1 is 0.255 bits per heavy atom. The zero-order chi connectivity index (χ0) is 36.3. The first-order valence-electron chi connectivity index (χ1n) is 18.6. The van der Waals surface area contributed by atoms with E-state index in [-0.39, 0.29) is 0 Å². The summed E-state index contributed by atoms with van der Waals surface area (Å²) >= 11 is 0. The highest BCUT2D eigenvalue weighted by Gasteiger charge is 2.17. The first kappa shape index (κ1) is 31.1. The highest BCUT2D eigenvalue weighted by Crippen LogP contribution is 2.40. The third kappa shape index (κ3) is 5.19. The Morgan fingerprint density at radius 2 is 0.655 bits per heavy atom. The SMILES string of the molecule is c1ccc(-c2nc(-c3ccccc3)nc(-c3ccc4c5cc(-c6ccc7c(c6)c6ccccc6n7-c6ccccc6)ccc5c5ccccc5c4c3)n2)cc1. The summed E-state index contributed by atoms with van der Waals surface area (Å²) in [5.41, 5.74) is 8.80. The van der Waals surface area contributed by atoms with Gasteiger partial charge in [0.25, 0.3) is 0 Å². The Kier molecular flexibility index (Phi) is 7.14. The molecular formula is C51H32N4. The third-order valence-corrected chi connectivity index (χ3v) is 10.8. The minimum Gasteiger partial charge on any atom is -0.309 e. The molecule has 2 aromatic heterocycles. The van der Waals surface area contributed by atoms with Crippen LogP contribution in [0.3, 0.4) is 0 Å². The van der Waals surface area contributed by atoms with Crippen molar-refractivity contribution >= 4 is 54.1 Å². The first-order chi connectivity index (χ1) is 27.3. The number of benzene rings is 9. The zero-order valence-electron chi connectivity index (χ0n) is 29.8. The minimum atomic E-state index is 0.649. The van der Waals surface area contributed by atoms with Crippen LogP contribution in [0.25, 0.3) is 105 Å². The van der Waals surface area contributed by atoms with E-state index in [2.05, 4.69) is 138 Å². The predicted octanol–water partition coefficient (Wildman–Crippen LogP) is 13.1. The van der Waals surface area contributed by atoms with Crippen LogP contribution < -0.4 is 0 Å². The molecule has 55 heavy (non-hydrogen) atoms. The van der Waals surface area contributed by atoms with Gasteiger partial charge in [-0.3, -0.25) is 0 Å². The number of aromatic nitrogens is 4. The lowest BCUT2D eigenvalue weighted by Gasteiger charge is -2.14. The molecule has 0 aliphatic rings. The number of fused-ring (bicyclic) bond motifs is 9. The molecule has 0 bridgehead atoms. The number of hydrogen-bond donors (Lipinski definition) is 0. The summed E-state index contributed by atoms with van der Waals surface area (Å²) in [6.07, 6.45) is 0. The monoisotopic (exact) mass is 700 g/mol. The van der Waals surface area contributed by atoms with E-state index < -0.39 is 0 Å². The average Bonchev–Trinajstić information content (AvgIpc) is 3.60. The van der Waals surface area contributed by atoms with Crippen molar-refractivity contribution in [2.45, 2.75) is 0 Å². The molecule has 0 aliphatic carbocycles. The molecule has 0 saturated carbocycles. The van der Waals surface area contributed by atoms with Crippen molar-refractivity contribution in [3.05, 3.63) is 194 Å². The summed E-state index contributed by atoms with van der Waals surface area (Å²) in [6.45, 7) is 0. The molecule has 11 rings (SSSR count). The van der Waals surface area contributed by atoms with Gasteiger partial charge in [-0.2, -0.15) is 0 Å². The van der Waals surface area contributed by atoms with Crippen molar-refractivity contribution < 1.29 is 0 Å². The number of rotatable bonds is 5. The zero-order valence-corrected chi connectivity index (χ0v) is 29.8. The van der Waals surface area contributed by atoms with Crippen molar-refractivity contribution in [2.24, 2.45) is 0 Å². The normalized spacial score (nSPS) is 11.6. The van der Waals surface area contributed by atoms with Gasteiger partial charge in [-0.15, -0.1) is 0 Å². The summed E-state index contributed by atoms with van der Waals surface area (Å²) in [5.74, 6) is 1.96. The van der Waals surface area contributed by atoms with E-state index in [1.165, 1.54) is 65.3 Å². The van der Waals surface area contributed by atoms with Gasteiger partial charge in [-0.25, -0.2) is 15.0 Å². The number of hydrogen-bond acceptors (Lipinski definition) is 3. The largest absolute Gasteiger partial charge is 0.309 e. The van der Waals surface area contributed by atoms with Crippen LogP contribution >= 0.6 is 0 Å². The summed E-state index contributed by atoms with van der Waals surface area (Å²) in [7, 11) is 0. The van der Waals surface area contributed by atoms with Gasteiger partial charge in [0.2, 0.25) is 0 Å². The summed E-state index contributed by atoms with van der Waals surface area (Å²) in [5, 5.41) is 9.73. The fourth-order valence-corrected chi connectivity index (χ4v) is 8.22. The molecule has 0 spiro atoms. The van der Waals surface area contributed by atoms with Crippen LogP contribution in [-0.4, -0.2) is 19.5 Å². The fraction of sp³-hybridized carbons (Fsp3) is 0. The molecule has 256 valence electrons. The van der Waals surface area contributed by atoms with E-state index in [1.54, 1.807) is 0 Å². The van der Waals surface area contributed by atoms with Crippen molar-refractivity contribution in [2.75, 3.05) is 0 Å². The van der Waals surface area contributed by atoms with Crippen LogP contribution in [0.2, 0.25) is 0 Å². The van der Waals surface area contributed by atoms with Gasteiger partial charge < -0.3 is 4.57 Å². The fourth-order valence-electron chi connectivity index (χ4n) is 8.22. The number of nitrogens with zero attached hydrogens (tertiary/aromatic N) is 4. The highest BCUT2D eigenvalue weighted by atomic mass is 15.0. The van der Waals surface area contributed by atoms with Gasteiger partial charge in [-0.05, 0) is 85.9 Å². The standard InChI is InChI=1S/C51H32N4/c1-4-14-33(15-5-1)49-52-50(34-16-6-2-7-17-34)54-51(53-49)37-25-28-42-44-30-35(24-27-41(44)39-20-10-11-21-40(39)45(42)32-37)36-26-29-48-46(31-36)43-22-12-13-23-47(43)55(48)38-18-8-3-9-19-38/h1-32H. The highest BCUT2D eigenvalue weighted by molar-refractivity contribution is 6.26. The van der Waals surface area contributed by atoms with E-state index in [4.69, 9.17) is 15.0 Å². The number of para-hydroxylation sites is 2. The van der Waals surface area contributed by atoms with Gasteiger partial charge in [0.1, 0.15) is 0 Å². The Balaban J connectivity index is 1.10. The van der Waals surface area contributed by atoms with Gasteiger partial charge in [0.05, 0.1) is 11.0 Å². The topological polar surface area (TPSA) is 43.6 Å². The van der Waals surface area contributed by atoms with Gasteiger partial charge in [0.15, 0.2) is 17.5 Å². The first-order valence-corrected chi connectivity index (χ1v) is 18.6. The van der Waals surface area contributed by atoms with E-state index in [0.717, 1.165) is 22.4 Å². The van der Waals surface area contributed by atoms with Crippen LogP contribution in [0.4, 0.5) is 0 Å². The second-order valence-electron chi connectivity index (χ2n) is 14.0. The van der Waals surface area contributed by atoms with Crippen LogP contribution in [0, 0.1) is 0 Å². The molecule has 0 fully saturated rings. The maximum atomic E-state index is 5.05. The lowest BCUT2D eigenvalue weighted by Crippen LogP contribution is -2.00. The van der Waals surface area contributed by atoms with Crippen molar-refractivity contribution in [1.82, 2.24) is 19.5 Å². The van der Waals surface area contributed by atoms with Crippen LogP contribution in [0.1, 0.15) is 0 Å². The van der Waals surface area contributed by atoms with Gasteiger partial charge in [-0.1, -0.05) is 152 Å². The van der Waals surface area contributed by atoms with Crippen molar-refractivity contribution in [3.8, 4) is 51.0 Å². The minimum absolute atomic E-state index is 0.649. The predicted molar refractivity (Wildman–Crippen MR) is 228 cm³/mol. The van der Waals surface area contributed by atoms with E-state index in [0.29, 0.717) is 17.5 Å². The van der Waals surface area contributed by atoms with E-state index >= 15 is 0 Å². The van der Waals surface area contributed by atoms with Gasteiger partial charge in [0, 0.05) is 33.2 Å². The summed E-state index contributed by atoms with van der Waals surface area (Å²) in [4.78, 5) is 15.0.